The molecule has 0 aromatic carbocycles. The van der Waals surface area contributed by atoms with E-state index in [9.17, 15) is 0 Å². The summed E-state index contributed by atoms with van der Waals surface area (Å²) < 4.78 is 0. The van der Waals surface area contributed by atoms with Gasteiger partial charge in [-0.05, 0) is 49.8 Å². The SMILES string of the molecule is CN(c1cc(CNC2CC2)ccn1)C1CCC1. The Balaban J connectivity index is 1.64. The lowest BCUT2D eigenvalue weighted by Crippen LogP contribution is -2.37. The molecule has 1 N–H and O–H groups in total. The molecule has 2 saturated carbocycles. The first-order valence-corrected chi connectivity index (χ1v) is 6.74. The molecule has 3 heteroatoms. The molecule has 0 aliphatic heterocycles. The van der Waals surface area contributed by atoms with Crippen molar-refractivity contribution in [3.8, 4) is 0 Å². The molecule has 2 aliphatic rings. The fraction of sp³-hybridized carbons (Fsp3) is 0.643. The van der Waals surface area contributed by atoms with Gasteiger partial charge in [0.2, 0.25) is 0 Å². The summed E-state index contributed by atoms with van der Waals surface area (Å²) in [5.74, 6) is 1.13. The third kappa shape index (κ3) is 2.60. The van der Waals surface area contributed by atoms with Crippen LogP contribution in [-0.2, 0) is 6.54 Å². The zero-order valence-electron chi connectivity index (χ0n) is 10.5. The van der Waals surface area contributed by atoms with E-state index in [4.69, 9.17) is 0 Å². The van der Waals surface area contributed by atoms with Crippen LogP contribution in [0.5, 0.6) is 0 Å². The number of aromatic nitrogens is 1. The van der Waals surface area contributed by atoms with E-state index in [1.807, 2.05) is 6.20 Å². The summed E-state index contributed by atoms with van der Waals surface area (Å²) in [5.41, 5.74) is 1.35. The first kappa shape index (κ1) is 11.0. The van der Waals surface area contributed by atoms with Gasteiger partial charge in [0.25, 0.3) is 0 Å². The van der Waals surface area contributed by atoms with Crippen molar-refractivity contribution in [3.05, 3.63) is 23.9 Å². The average molecular weight is 231 g/mol. The maximum atomic E-state index is 4.48. The van der Waals surface area contributed by atoms with Crippen LogP contribution in [0.3, 0.4) is 0 Å². The minimum atomic E-state index is 0.717. The molecule has 2 fully saturated rings. The average Bonchev–Trinajstić information content (AvgIpc) is 3.08. The van der Waals surface area contributed by atoms with Crippen LogP contribution in [0.25, 0.3) is 0 Å². The molecule has 3 rings (SSSR count). The quantitative estimate of drug-likeness (QED) is 0.843. The second kappa shape index (κ2) is 4.65. The minimum Gasteiger partial charge on any atom is -0.357 e. The van der Waals surface area contributed by atoms with E-state index in [0.717, 1.165) is 18.4 Å². The van der Waals surface area contributed by atoms with Gasteiger partial charge in [0, 0.05) is 31.9 Å². The van der Waals surface area contributed by atoms with Crippen molar-refractivity contribution < 1.29 is 0 Å². The fourth-order valence-electron chi connectivity index (χ4n) is 2.27. The van der Waals surface area contributed by atoms with Crippen LogP contribution in [-0.4, -0.2) is 24.1 Å². The second-order valence-corrected chi connectivity index (χ2v) is 5.37. The van der Waals surface area contributed by atoms with E-state index >= 15 is 0 Å². The Morgan fingerprint density at radius 1 is 1.35 bits per heavy atom. The van der Waals surface area contributed by atoms with Crippen LogP contribution in [0.1, 0.15) is 37.7 Å². The molecule has 0 spiro atoms. The number of hydrogen-bond donors (Lipinski definition) is 1. The third-order valence-electron chi connectivity index (χ3n) is 3.97. The lowest BCUT2D eigenvalue weighted by atomic mass is 9.92. The summed E-state index contributed by atoms with van der Waals surface area (Å²) in [6.45, 7) is 0.985. The van der Waals surface area contributed by atoms with Gasteiger partial charge < -0.3 is 10.2 Å². The topological polar surface area (TPSA) is 28.2 Å². The maximum Gasteiger partial charge on any atom is 0.128 e. The largest absolute Gasteiger partial charge is 0.357 e. The number of hydrogen-bond acceptors (Lipinski definition) is 3. The van der Waals surface area contributed by atoms with Crippen LogP contribution < -0.4 is 10.2 Å². The van der Waals surface area contributed by atoms with Crippen molar-refractivity contribution in [2.24, 2.45) is 0 Å². The van der Waals surface area contributed by atoms with Crippen molar-refractivity contribution in [2.75, 3.05) is 11.9 Å². The molecule has 0 atom stereocenters. The molecule has 2 aliphatic carbocycles. The molecule has 92 valence electrons. The molecule has 0 amide bonds. The minimum absolute atomic E-state index is 0.717. The van der Waals surface area contributed by atoms with Crippen molar-refractivity contribution in [2.45, 2.75) is 50.7 Å². The Bertz CT molecular complexity index is 383. The highest BCUT2D eigenvalue weighted by Gasteiger charge is 2.23. The molecule has 0 unspecified atom stereocenters. The van der Waals surface area contributed by atoms with E-state index in [2.05, 4.69) is 34.4 Å². The van der Waals surface area contributed by atoms with Crippen LogP contribution in [0.15, 0.2) is 18.3 Å². The molecular formula is C14H21N3. The predicted molar refractivity (Wildman–Crippen MR) is 70.1 cm³/mol. The standard InChI is InChI=1S/C14H21N3/c1-17(13-3-2-4-13)14-9-11(7-8-15-14)10-16-12-5-6-12/h7-9,12-13,16H,2-6,10H2,1H3. The van der Waals surface area contributed by atoms with Crippen LogP contribution in [0.4, 0.5) is 5.82 Å². The smallest absolute Gasteiger partial charge is 0.128 e. The van der Waals surface area contributed by atoms with E-state index in [1.54, 1.807) is 0 Å². The van der Waals surface area contributed by atoms with Crippen molar-refractivity contribution in [3.63, 3.8) is 0 Å². The predicted octanol–water partition coefficient (Wildman–Crippen LogP) is 2.32. The molecule has 1 heterocycles. The molecule has 1 aromatic rings. The second-order valence-electron chi connectivity index (χ2n) is 5.37. The summed E-state index contributed by atoms with van der Waals surface area (Å²) in [6, 6.07) is 5.84. The van der Waals surface area contributed by atoms with Crippen molar-refractivity contribution >= 4 is 5.82 Å². The summed E-state index contributed by atoms with van der Waals surface area (Å²) >= 11 is 0. The monoisotopic (exact) mass is 231 g/mol. The van der Waals surface area contributed by atoms with Gasteiger partial charge in [0.05, 0.1) is 0 Å². The van der Waals surface area contributed by atoms with E-state index in [-0.39, 0.29) is 0 Å². The van der Waals surface area contributed by atoms with Gasteiger partial charge in [-0.25, -0.2) is 4.98 Å². The van der Waals surface area contributed by atoms with Gasteiger partial charge in [-0.1, -0.05) is 0 Å². The summed E-state index contributed by atoms with van der Waals surface area (Å²) in [6.07, 6.45) is 8.65. The van der Waals surface area contributed by atoms with E-state index in [1.165, 1.54) is 37.7 Å². The van der Waals surface area contributed by atoms with Crippen LogP contribution in [0.2, 0.25) is 0 Å². The lowest BCUT2D eigenvalue weighted by Gasteiger charge is -2.35. The van der Waals surface area contributed by atoms with Crippen molar-refractivity contribution in [1.82, 2.24) is 10.3 Å². The van der Waals surface area contributed by atoms with E-state index < -0.39 is 0 Å². The van der Waals surface area contributed by atoms with Gasteiger partial charge in [0.15, 0.2) is 0 Å². The van der Waals surface area contributed by atoms with Crippen LogP contribution in [0, 0.1) is 0 Å². The number of nitrogens with zero attached hydrogens (tertiary/aromatic N) is 2. The Morgan fingerprint density at radius 2 is 2.18 bits per heavy atom. The molecule has 0 saturated heterocycles. The van der Waals surface area contributed by atoms with E-state index in [0.29, 0.717) is 6.04 Å². The van der Waals surface area contributed by atoms with Gasteiger partial charge in [0.1, 0.15) is 5.82 Å². The van der Waals surface area contributed by atoms with Gasteiger partial charge in [-0.3, -0.25) is 0 Å². The Kier molecular flexibility index (Phi) is 3.02. The number of pyridine rings is 1. The molecule has 1 aromatic heterocycles. The molecule has 0 radical (unpaired) electrons. The van der Waals surface area contributed by atoms with Gasteiger partial charge >= 0.3 is 0 Å². The first-order chi connectivity index (χ1) is 8.33. The highest BCUT2D eigenvalue weighted by molar-refractivity contribution is 5.41. The fourth-order valence-corrected chi connectivity index (χ4v) is 2.27. The zero-order chi connectivity index (χ0) is 11.7. The third-order valence-corrected chi connectivity index (χ3v) is 3.97. The summed E-state index contributed by atoms with van der Waals surface area (Å²) in [4.78, 5) is 6.82. The van der Waals surface area contributed by atoms with Gasteiger partial charge in [-0.15, -0.1) is 0 Å². The molecule has 17 heavy (non-hydrogen) atoms. The first-order valence-electron chi connectivity index (χ1n) is 6.74. The van der Waals surface area contributed by atoms with Gasteiger partial charge in [-0.2, -0.15) is 0 Å². The maximum absolute atomic E-state index is 4.48. The Hall–Kier alpha value is -1.09. The molecular weight excluding hydrogens is 210 g/mol. The number of nitrogens with one attached hydrogen (secondary N) is 1. The molecule has 0 bridgehead atoms. The molecule has 3 nitrogen and oxygen atoms in total. The normalized spacial score (nSPS) is 20.1. The summed E-state index contributed by atoms with van der Waals surface area (Å²) in [5, 5.41) is 3.55. The highest BCUT2D eigenvalue weighted by atomic mass is 15.2. The summed E-state index contributed by atoms with van der Waals surface area (Å²) in [7, 11) is 2.17. The highest BCUT2D eigenvalue weighted by Crippen LogP contribution is 2.27. The number of anilines is 1. The van der Waals surface area contributed by atoms with Crippen LogP contribution >= 0.6 is 0 Å². The lowest BCUT2D eigenvalue weighted by molar-refractivity contribution is 0.399. The number of rotatable bonds is 5. The van der Waals surface area contributed by atoms with Crippen molar-refractivity contribution in [1.29, 1.82) is 0 Å². The Morgan fingerprint density at radius 3 is 2.82 bits per heavy atom. The zero-order valence-corrected chi connectivity index (χ0v) is 10.5. The Labute approximate surface area is 103 Å².